The van der Waals surface area contributed by atoms with Crippen LogP contribution in [0.2, 0.25) is 0 Å². The molecular weight excluding hydrogens is 683 g/mol. The molecule has 3 aromatic heterocycles. The first-order chi connectivity index (χ1) is 26.1. The molecule has 1 saturated heterocycles. The molecule has 0 radical (unpaired) electrons. The average molecular weight is 726 g/mol. The molecule has 3 aromatic carbocycles. The zero-order chi connectivity index (χ0) is 37.8. The van der Waals surface area contributed by atoms with Crippen molar-refractivity contribution in [3.8, 4) is 17.2 Å². The summed E-state index contributed by atoms with van der Waals surface area (Å²) in [6.07, 6.45) is 6.75. The number of aryl methyl sites for hydroxylation is 1. The highest BCUT2D eigenvalue weighted by Gasteiger charge is 2.23. The van der Waals surface area contributed by atoms with Crippen molar-refractivity contribution in [1.82, 2.24) is 29.6 Å². The van der Waals surface area contributed by atoms with Gasteiger partial charge < -0.3 is 25.0 Å². The number of amides is 3. The fourth-order valence-corrected chi connectivity index (χ4v) is 6.26. The summed E-state index contributed by atoms with van der Waals surface area (Å²) in [6, 6.07) is 22.5. The maximum absolute atomic E-state index is 13.5. The SMILES string of the molecule is COc1cc(-n2nc(C(C)(C)C)cc2NC(=O)Nc2ccc(OCc3ccnc(Nc4cnc(C(=O)N5CCCC5)cn4)c3)c3ccccc23)ccc1C. The summed E-state index contributed by atoms with van der Waals surface area (Å²) >= 11 is 0. The number of hydrogen-bond donors (Lipinski definition) is 3. The van der Waals surface area contributed by atoms with Gasteiger partial charge in [0.1, 0.15) is 41.3 Å². The molecule has 1 aliphatic heterocycles. The van der Waals surface area contributed by atoms with Crippen LogP contribution >= 0.6 is 0 Å². The Bertz CT molecular complexity index is 2310. The predicted octanol–water partition coefficient (Wildman–Crippen LogP) is 8.03. The van der Waals surface area contributed by atoms with E-state index in [9.17, 15) is 9.59 Å². The van der Waals surface area contributed by atoms with Crippen LogP contribution in [0, 0.1) is 6.92 Å². The van der Waals surface area contributed by atoms with Gasteiger partial charge in [-0.25, -0.2) is 24.4 Å². The lowest BCUT2D eigenvalue weighted by molar-refractivity contribution is 0.0786. The Balaban J connectivity index is 1.04. The first kappa shape index (κ1) is 35.9. The molecule has 3 N–H and O–H groups in total. The number of aromatic nitrogens is 5. The Morgan fingerprint density at radius 3 is 2.37 bits per heavy atom. The molecule has 4 heterocycles. The number of benzene rings is 3. The number of fused-ring (bicyclic) bond motifs is 1. The molecule has 13 heteroatoms. The van der Waals surface area contributed by atoms with Gasteiger partial charge in [0.2, 0.25) is 0 Å². The third-order valence-corrected chi connectivity index (χ3v) is 9.23. The second-order valence-electron chi connectivity index (χ2n) is 14.2. The highest BCUT2D eigenvalue weighted by molar-refractivity contribution is 6.07. The molecule has 0 spiro atoms. The topological polar surface area (TPSA) is 148 Å². The smallest absolute Gasteiger partial charge is 0.324 e. The van der Waals surface area contributed by atoms with Crippen LogP contribution < -0.4 is 25.4 Å². The van der Waals surface area contributed by atoms with Gasteiger partial charge in [0, 0.05) is 47.6 Å². The van der Waals surface area contributed by atoms with Crippen molar-refractivity contribution in [3.05, 3.63) is 114 Å². The van der Waals surface area contributed by atoms with Gasteiger partial charge in [-0.3, -0.25) is 10.1 Å². The largest absolute Gasteiger partial charge is 0.496 e. The Kier molecular flexibility index (Phi) is 10.1. The zero-order valence-electron chi connectivity index (χ0n) is 31.0. The van der Waals surface area contributed by atoms with Crippen molar-refractivity contribution in [1.29, 1.82) is 0 Å². The second-order valence-corrected chi connectivity index (χ2v) is 14.2. The van der Waals surface area contributed by atoms with E-state index in [-0.39, 0.29) is 17.9 Å². The maximum Gasteiger partial charge on any atom is 0.324 e. The number of hydrogen-bond acceptors (Lipinski definition) is 9. The third kappa shape index (κ3) is 7.94. The minimum absolute atomic E-state index is 0.0955. The number of anilines is 4. The van der Waals surface area contributed by atoms with Gasteiger partial charge in [-0.1, -0.05) is 51.1 Å². The van der Waals surface area contributed by atoms with Crippen LogP contribution in [0.3, 0.4) is 0 Å². The van der Waals surface area contributed by atoms with Crippen molar-refractivity contribution >= 4 is 45.9 Å². The minimum atomic E-state index is -0.413. The van der Waals surface area contributed by atoms with E-state index >= 15 is 0 Å². The number of rotatable bonds is 10. The summed E-state index contributed by atoms with van der Waals surface area (Å²) in [6.45, 7) is 10.00. The number of urea groups is 1. The van der Waals surface area contributed by atoms with E-state index in [4.69, 9.17) is 14.6 Å². The van der Waals surface area contributed by atoms with Gasteiger partial charge in [0.15, 0.2) is 0 Å². The van der Waals surface area contributed by atoms with Gasteiger partial charge in [0.05, 0.1) is 36.6 Å². The van der Waals surface area contributed by atoms with Crippen LogP contribution in [0.5, 0.6) is 11.5 Å². The minimum Gasteiger partial charge on any atom is -0.496 e. The lowest BCUT2D eigenvalue weighted by Crippen LogP contribution is -2.28. The fourth-order valence-electron chi connectivity index (χ4n) is 6.26. The van der Waals surface area contributed by atoms with E-state index in [1.54, 1.807) is 22.9 Å². The van der Waals surface area contributed by atoms with E-state index in [0.717, 1.165) is 65.0 Å². The van der Waals surface area contributed by atoms with E-state index in [2.05, 4.69) is 51.7 Å². The first-order valence-electron chi connectivity index (χ1n) is 17.9. The van der Waals surface area contributed by atoms with E-state index in [1.165, 1.54) is 12.4 Å². The highest BCUT2D eigenvalue weighted by Crippen LogP contribution is 2.33. The first-order valence-corrected chi connectivity index (χ1v) is 17.9. The summed E-state index contributed by atoms with van der Waals surface area (Å²) in [5, 5.41) is 15.7. The van der Waals surface area contributed by atoms with Crippen LogP contribution in [-0.2, 0) is 12.0 Å². The van der Waals surface area contributed by atoms with Crippen molar-refractivity contribution in [3.63, 3.8) is 0 Å². The van der Waals surface area contributed by atoms with E-state index in [0.29, 0.717) is 34.6 Å². The van der Waals surface area contributed by atoms with Crippen LogP contribution in [0.4, 0.5) is 27.9 Å². The van der Waals surface area contributed by atoms with E-state index < -0.39 is 6.03 Å². The quantitative estimate of drug-likeness (QED) is 0.128. The summed E-state index contributed by atoms with van der Waals surface area (Å²) in [4.78, 5) is 41.1. The molecule has 0 saturated carbocycles. The van der Waals surface area contributed by atoms with Crippen LogP contribution in [-0.4, -0.2) is 61.8 Å². The highest BCUT2D eigenvalue weighted by atomic mass is 16.5. The monoisotopic (exact) mass is 725 g/mol. The standard InChI is InChI=1S/C41H43N9O4/c1-26-12-13-28(21-34(26)53-5)50-38(22-35(48-50)41(2,3)4)47-40(52)45-31-14-15-33(30-11-7-6-10-29(30)31)54-25-27-16-17-42-36(20-27)46-37-24-43-32(23-44-37)39(51)49-18-8-9-19-49/h6-7,10-17,20-24H,8-9,18-19,25H2,1-5H3,(H,42,44,46)(H2,45,47,52). The molecular formula is C41H43N9O4. The molecule has 0 unspecified atom stereocenters. The number of carbonyl (C=O) groups is 2. The predicted molar refractivity (Wildman–Crippen MR) is 209 cm³/mol. The lowest BCUT2D eigenvalue weighted by atomic mass is 9.92. The molecule has 13 nitrogen and oxygen atoms in total. The Morgan fingerprint density at radius 1 is 0.833 bits per heavy atom. The molecule has 6 aromatic rings. The molecule has 3 amide bonds. The summed E-state index contributed by atoms with van der Waals surface area (Å²) < 4.78 is 13.6. The third-order valence-electron chi connectivity index (χ3n) is 9.23. The molecule has 7 rings (SSSR count). The molecule has 0 atom stereocenters. The van der Waals surface area contributed by atoms with Crippen molar-refractivity contribution in [2.24, 2.45) is 0 Å². The Labute approximate surface area is 313 Å². The molecule has 1 fully saturated rings. The number of nitrogens with one attached hydrogen (secondary N) is 3. The number of methoxy groups -OCH3 is 1. The summed E-state index contributed by atoms with van der Waals surface area (Å²) in [5.74, 6) is 2.86. The maximum atomic E-state index is 13.5. The summed E-state index contributed by atoms with van der Waals surface area (Å²) in [7, 11) is 1.63. The van der Waals surface area contributed by atoms with Gasteiger partial charge in [-0.15, -0.1) is 0 Å². The van der Waals surface area contributed by atoms with Crippen LogP contribution in [0.1, 0.15) is 60.9 Å². The Morgan fingerprint density at radius 2 is 1.63 bits per heavy atom. The zero-order valence-corrected chi connectivity index (χ0v) is 31.0. The van der Waals surface area contributed by atoms with Crippen molar-refractivity contribution < 1.29 is 19.1 Å². The van der Waals surface area contributed by atoms with Gasteiger partial charge in [0.25, 0.3) is 5.91 Å². The van der Waals surface area contributed by atoms with E-state index in [1.807, 2.05) is 79.7 Å². The van der Waals surface area contributed by atoms with Crippen molar-refractivity contribution in [2.45, 2.75) is 52.6 Å². The van der Waals surface area contributed by atoms with Crippen LogP contribution in [0.25, 0.3) is 16.5 Å². The lowest BCUT2D eigenvalue weighted by Gasteiger charge is -2.15. The van der Waals surface area contributed by atoms with Gasteiger partial charge in [-0.05, 0) is 61.2 Å². The number of pyridine rings is 1. The van der Waals surface area contributed by atoms with Crippen LogP contribution in [0.15, 0.2) is 91.4 Å². The number of carbonyl (C=O) groups excluding carboxylic acids is 2. The normalized spacial score (nSPS) is 12.8. The molecule has 0 bridgehead atoms. The fraction of sp³-hybridized carbons (Fsp3) is 0.268. The van der Waals surface area contributed by atoms with Gasteiger partial charge >= 0.3 is 6.03 Å². The molecule has 0 aliphatic carbocycles. The summed E-state index contributed by atoms with van der Waals surface area (Å²) in [5.41, 5.74) is 4.18. The number of ether oxygens (including phenoxy) is 2. The molecule has 54 heavy (non-hydrogen) atoms. The second kappa shape index (κ2) is 15.2. The molecule has 276 valence electrons. The average Bonchev–Trinajstić information content (AvgIpc) is 3.86. The number of likely N-dealkylation sites (tertiary alicyclic amines) is 1. The van der Waals surface area contributed by atoms with Gasteiger partial charge in [-0.2, -0.15) is 5.10 Å². The number of nitrogens with zero attached hydrogens (tertiary/aromatic N) is 6. The Hall–Kier alpha value is -6.50. The van der Waals surface area contributed by atoms with Crippen molar-refractivity contribution in [2.75, 3.05) is 36.1 Å². The molecule has 1 aliphatic rings.